The van der Waals surface area contributed by atoms with Gasteiger partial charge in [-0.3, -0.25) is 4.79 Å². The van der Waals surface area contributed by atoms with E-state index >= 15 is 0 Å². The number of hydrogen-bond donors (Lipinski definition) is 1. The number of sulfonamides is 1. The number of nitrogens with one attached hydrogen (secondary N) is 1. The summed E-state index contributed by atoms with van der Waals surface area (Å²) in [6.07, 6.45) is 3.15. The fourth-order valence-corrected chi connectivity index (χ4v) is 3.41. The molecule has 0 aliphatic carbocycles. The maximum Gasteiger partial charge on any atom is 0.285 e. The maximum absolute atomic E-state index is 12.6. The number of carbonyl (C=O) groups is 1. The summed E-state index contributed by atoms with van der Waals surface area (Å²) in [5, 5.41) is 0. The minimum absolute atomic E-state index is 0.0170. The van der Waals surface area contributed by atoms with Crippen LogP contribution in [0, 0.1) is 0 Å². The lowest BCUT2D eigenvalue weighted by Gasteiger charge is -2.11. The van der Waals surface area contributed by atoms with Gasteiger partial charge in [0, 0.05) is 18.5 Å². The smallest absolute Gasteiger partial charge is 0.285 e. The molecule has 0 spiro atoms. The molecule has 2 aromatic heterocycles. The normalized spacial score (nSPS) is 11.3. The number of ether oxygens (including phenoxy) is 2. The van der Waals surface area contributed by atoms with Gasteiger partial charge in [-0.1, -0.05) is 6.07 Å². The number of fused-ring (bicyclic) bond motifs is 1. The Labute approximate surface area is 144 Å². The van der Waals surface area contributed by atoms with Crippen molar-refractivity contribution in [3.8, 4) is 11.5 Å². The number of rotatable bonds is 5. The second-order valence-electron chi connectivity index (χ2n) is 5.04. The molecule has 1 N–H and O–H groups in total. The number of hydrogen-bond acceptors (Lipinski definition) is 6. The van der Waals surface area contributed by atoms with E-state index in [4.69, 9.17) is 9.47 Å². The van der Waals surface area contributed by atoms with E-state index in [0.717, 1.165) is 0 Å². The van der Waals surface area contributed by atoms with Crippen LogP contribution in [-0.4, -0.2) is 37.9 Å². The molecule has 0 aliphatic rings. The quantitative estimate of drug-likeness (QED) is 0.739. The van der Waals surface area contributed by atoms with E-state index < -0.39 is 15.9 Å². The molecule has 9 heteroatoms. The van der Waals surface area contributed by atoms with Gasteiger partial charge in [0.25, 0.3) is 15.9 Å². The minimum atomic E-state index is -4.17. The highest BCUT2D eigenvalue weighted by molar-refractivity contribution is 7.90. The third-order valence-electron chi connectivity index (χ3n) is 3.48. The number of benzene rings is 1. The molecule has 0 fully saturated rings. The second kappa shape index (κ2) is 6.44. The van der Waals surface area contributed by atoms with Crippen LogP contribution in [0.2, 0.25) is 0 Å². The molecule has 0 saturated carbocycles. The van der Waals surface area contributed by atoms with Crippen molar-refractivity contribution in [1.29, 1.82) is 0 Å². The number of carbonyl (C=O) groups excluding carboxylic acids is 1. The summed E-state index contributed by atoms with van der Waals surface area (Å²) in [5.41, 5.74) is 0.514. The van der Waals surface area contributed by atoms with Gasteiger partial charge in [-0.15, -0.1) is 0 Å². The summed E-state index contributed by atoms with van der Waals surface area (Å²) in [6, 6.07) is 9.52. The lowest BCUT2D eigenvalue weighted by molar-refractivity contribution is 0.0977. The van der Waals surface area contributed by atoms with Crippen LogP contribution in [0.5, 0.6) is 11.5 Å². The predicted molar refractivity (Wildman–Crippen MR) is 89.4 cm³/mol. The first-order valence-corrected chi connectivity index (χ1v) is 8.66. The van der Waals surface area contributed by atoms with E-state index in [9.17, 15) is 13.2 Å². The third-order valence-corrected chi connectivity index (χ3v) is 4.84. The van der Waals surface area contributed by atoms with E-state index in [1.165, 1.54) is 32.5 Å². The lowest BCUT2D eigenvalue weighted by Crippen LogP contribution is -2.31. The fourth-order valence-electron chi connectivity index (χ4n) is 2.27. The van der Waals surface area contributed by atoms with Crippen LogP contribution < -0.4 is 14.2 Å². The van der Waals surface area contributed by atoms with E-state index in [2.05, 4.69) is 4.98 Å². The molecule has 1 amide bonds. The molecular weight excluding hydrogens is 346 g/mol. The monoisotopic (exact) mass is 361 g/mol. The van der Waals surface area contributed by atoms with Crippen LogP contribution in [0.1, 0.15) is 10.5 Å². The lowest BCUT2D eigenvalue weighted by atomic mass is 10.3. The fraction of sp³-hybridized carbons (Fsp3) is 0.125. The highest BCUT2D eigenvalue weighted by atomic mass is 32.2. The standard InChI is InChI=1S/C16H15N3O5S/c1-23-11-6-7-13(24-2)14(9-11)25(21,22)18-16(20)12-10-19-8-4-3-5-15(19)17-12/h3-10H,1-2H3,(H,18,20). The first kappa shape index (κ1) is 16.8. The predicted octanol–water partition coefficient (Wildman–Crippen LogP) is 1.47. The Morgan fingerprint density at radius 1 is 1.16 bits per heavy atom. The number of imidazole rings is 1. The van der Waals surface area contributed by atoms with Crippen LogP contribution in [0.15, 0.2) is 53.7 Å². The van der Waals surface area contributed by atoms with Gasteiger partial charge in [0.15, 0.2) is 0 Å². The van der Waals surface area contributed by atoms with Crippen molar-refractivity contribution in [2.45, 2.75) is 4.90 Å². The van der Waals surface area contributed by atoms with Gasteiger partial charge in [0.05, 0.1) is 14.2 Å². The van der Waals surface area contributed by atoms with Crippen LogP contribution in [0.4, 0.5) is 0 Å². The summed E-state index contributed by atoms with van der Waals surface area (Å²) >= 11 is 0. The minimum Gasteiger partial charge on any atom is -0.497 e. The second-order valence-corrected chi connectivity index (χ2v) is 6.69. The molecular formula is C16H15N3O5S. The van der Waals surface area contributed by atoms with E-state index in [0.29, 0.717) is 11.4 Å². The first-order valence-electron chi connectivity index (χ1n) is 7.17. The van der Waals surface area contributed by atoms with E-state index in [-0.39, 0.29) is 16.3 Å². The van der Waals surface area contributed by atoms with Gasteiger partial charge in [0.2, 0.25) is 0 Å². The molecule has 25 heavy (non-hydrogen) atoms. The Balaban J connectivity index is 1.94. The number of nitrogens with zero attached hydrogens (tertiary/aromatic N) is 2. The van der Waals surface area contributed by atoms with Crippen molar-refractivity contribution in [3.63, 3.8) is 0 Å². The van der Waals surface area contributed by atoms with E-state index in [1.54, 1.807) is 34.9 Å². The van der Waals surface area contributed by atoms with Crippen LogP contribution in [-0.2, 0) is 10.0 Å². The maximum atomic E-state index is 12.6. The zero-order valence-corrected chi connectivity index (χ0v) is 14.3. The Morgan fingerprint density at radius 2 is 1.96 bits per heavy atom. The molecule has 0 bridgehead atoms. The number of amides is 1. The Morgan fingerprint density at radius 3 is 2.64 bits per heavy atom. The van der Waals surface area contributed by atoms with Crippen molar-refractivity contribution in [3.05, 3.63) is 54.5 Å². The summed E-state index contributed by atoms with van der Waals surface area (Å²) in [6.45, 7) is 0. The molecule has 8 nitrogen and oxygen atoms in total. The average Bonchev–Trinajstić information content (AvgIpc) is 3.05. The van der Waals surface area contributed by atoms with Crippen molar-refractivity contribution in [2.75, 3.05) is 14.2 Å². The molecule has 3 aromatic rings. The highest BCUT2D eigenvalue weighted by Gasteiger charge is 2.24. The largest absolute Gasteiger partial charge is 0.497 e. The van der Waals surface area contributed by atoms with Crippen molar-refractivity contribution in [1.82, 2.24) is 14.1 Å². The molecule has 3 rings (SSSR count). The molecule has 0 atom stereocenters. The molecule has 1 aromatic carbocycles. The van der Waals surface area contributed by atoms with Crippen molar-refractivity contribution in [2.24, 2.45) is 0 Å². The Hall–Kier alpha value is -3.07. The van der Waals surface area contributed by atoms with Crippen LogP contribution in [0.25, 0.3) is 5.65 Å². The average molecular weight is 361 g/mol. The molecule has 0 radical (unpaired) electrons. The van der Waals surface area contributed by atoms with Gasteiger partial charge < -0.3 is 13.9 Å². The third kappa shape index (κ3) is 3.26. The van der Waals surface area contributed by atoms with Gasteiger partial charge in [0.1, 0.15) is 27.7 Å². The van der Waals surface area contributed by atoms with Gasteiger partial charge in [-0.2, -0.15) is 0 Å². The topological polar surface area (TPSA) is 99.0 Å². The zero-order chi connectivity index (χ0) is 18.0. The first-order chi connectivity index (χ1) is 11.9. The van der Waals surface area contributed by atoms with Gasteiger partial charge >= 0.3 is 0 Å². The molecule has 0 aliphatic heterocycles. The summed E-state index contributed by atoms with van der Waals surface area (Å²) in [4.78, 5) is 16.2. The van der Waals surface area contributed by atoms with Crippen molar-refractivity contribution >= 4 is 21.6 Å². The summed E-state index contributed by atoms with van der Waals surface area (Å²) in [7, 11) is -1.43. The van der Waals surface area contributed by atoms with Gasteiger partial charge in [-0.05, 0) is 24.3 Å². The van der Waals surface area contributed by atoms with Gasteiger partial charge in [-0.25, -0.2) is 18.1 Å². The Bertz CT molecular complexity index is 1010. The van der Waals surface area contributed by atoms with Crippen LogP contribution in [0.3, 0.4) is 0 Å². The molecule has 0 unspecified atom stereocenters. The van der Waals surface area contributed by atoms with Crippen LogP contribution >= 0.6 is 0 Å². The number of aromatic nitrogens is 2. The molecule has 0 saturated heterocycles. The SMILES string of the molecule is COc1ccc(OC)c(S(=O)(=O)NC(=O)c2cn3ccccc3n2)c1. The summed E-state index contributed by atoms with van der Waals surface area (Å²) in [5.74, 6) is -0.425. The number of pyridine rings is 1. The molecule has 130 valence electrons. The zero-order valence-electron chi connectivity index (χ0n) is 13.5. The summed E-state index contributed by atoms with van der Waals surface area (Å²) < 4.78 is 38.9. The highest BCUT2D eigenvalue weighted by Crippen LogP contribution is 2.28. The molecule has 2 heterocycles. The van der Waals surface area contributed by atoms with E-state index in [1.807, 2.05) is 4.72 Å². The number of methoxy groups -OCH3 is 2. The van der Waals surface area contributed by atoms with Crippen molar-refractivity contribution < 1.29 is 22.7 Å². The Kier molecular flexibility index (Phi) is 4.32.